The number of carbonyl (C=O) groups excluding carboxylic acids is 2. The highest BCUT2D eigenvalue weighted by atomic mass is 16.5. The highest BCUT2D eigenvalue weighted by molar-refractivity contribution is 5.82. The Labute approximate surface area is 143 Å². The summed E-state index contributed by atoms with van der Waals surface area (Å²) in [7, 11) is 0. The number of aromatic amines is 2. The second-order valence-corrected chi connectivity index (χ2v) is 6.42. The molecular formula is C16H22N4O5. The third-order valence-electron chi connectivity index (χ3n) is 4.73. The molecule has 3 rings (SSSR count). The Balaban J connectivity index is 1.47. The van der Waals surface area contributed by atoms with Crippen LogP contribution in [-0.4, -0.2) is 52.5 Å². The van der Waals surface area contributed by atoms with E-state index in [-0.39, 0.29) is 30.4 Å². The lowest BCUT2D eigenvalue weighted by Crippen LogP contribution is -2.46. The first kappa shape index (κ1) is 17.4. The molecule has 1 atom stereocenters. The highest BCUT2D eigenvalue weighted by Gasteiger charge is 2.32. The van der Waals surface area contributed by atoms with E-state index in [0.29, 0.717) is 38.1 Å². The minimum Gasteiger partial charge on any atom is -0.368 e. The molecular weight excluding hydrogens is 328 g/mol. The van der Waals surface area contributed by atoms with Crippen LogP contribution in [0.1, 0.15) is 31.2 Å². The number of nitrogens with one attached hydrogen (secondary N) is 3. The van der Waals surface area contributed by atoms with Gasteiger partial charge in [0.25, 0.3) is 11.5 Å². The quantitative estimate of drug-likeness (QED) is 0.649. The van der Waals surface area contributed by atoms with Crippen LogP contribution in [-0.2, 0) is 20.9 Å². The molecule has 0 saturated carbocycles. The average molecular weight is 350 g/mol. The summed E-state index contributed by atoms with van der Waals surface area (Å²) in [6.07, 6.45) is 3.84. The number of hydrogen-bond acceptors (Lipinski definition) is 5. The minimum atomic E-state index is -0.580. The van der Waals surface area contributed by atoms with Gasteiger partial charge in [-0.25, -0.2) is 4.79 Å². The van der Waals surface area contributed by atoms with Crippen molar-refractivity contribution in [1.82, 2.24) is 20.2 Å². The molecule has 25 heavy (non-hydrogen) atoms. The van der Waals surface area contributed by atoms with Crippen molar-refractivity contribution in [3.8, 4) is 0 Å². The van der Waals surface area contributed by atoms with Gasteiger partial charge in [0.05, 0.1) is 5.56 Å². The number of piperidine rings is 1. The second kappa shape index (κ2) is 7.64. The predicted molar refractivity (Wildman–Crippen MR) is 87.8 cm³/mol. The third-order valence-corrected chi connectivity index (χ3v) is 4.73. The molecule has 2 aliphatic heterocycles. The smallest absolute Gasteiger partial charge is 0.325 e. The van der Waals surface area contributed by atoms with Crippen LogP contribution in [0.4, 0.5) is 0 Å². The minimum absolute atomic E-state index is 0.0242. The van der Waals surface area contributed by atoms with Crippen LogP contribution in [0.2, 0.25) is 0 Å². The molecule has 3 heterocycles. The van der Waals surface area contributed by atoms with Gasteiger partial charge in [-0.15, -0.1) is 0 Å². The molecule has 3 N–H and O–H groups in total. The average Bonchev–Trinajstić information content (AvgIpc) is 3.15. The molecule has 2 fully saturated rings. The molecule has 0 aliphatic carbocycles. The topological polar surface area (TPSA) is 124 Å². The Morgan fingerprint density at radius 1 is 1.24 bits per heavy atom. The number of hydrogen-bond donors (Lipinski definition) is 3. The van der Waals surface area contributed by atoms with Gasteiger partial charge in [-0.1, -0.05) is 0 Å². The van der Waals surface area contributed by atoms with E-state index in [9.17, 15) is 19.2 Å². The van der Waals surface area contributed by atoms with Crippen molar-refractivity contribution in [3.05, 3.63) is 32.6 Å². The maximum atomic E-state index is 12.3. The van der Waals surface area contributed by atoms with Crippen molar-refractivity contribution < 1.29 is 14.3 Å². The van der Waals surface area contributed by atoms with Crippen LogP contribution in [0, 0.1) is 5.92 Å². The van der Waals surface area contributed by atoms with Gasteiger partial charge in [0.1, 0.15) is 6.10 Å². The fourth-order valence-corrected chi connectivity index (χ4v) is 3.23. The van der Waals surface area contributed by atoms with Crippen LogP contribution in [0.15, 0.2) is 15.8 Å². The monoisotopic (exact) mass is 350 g/mol. The summed E-state index contributed by atoms with van der Waals surface area (Å²) in [5, 5.41) is 2.72. The molecule has 0 bridgehead atoms. The number of aromatic nitrogens is 2. The first-order valence-electron chi connectivity index (χ1n) is 8.53. The summed E-state index contributed by atoms with van der Waals surface area (Å²) >= 11 is 0. The van der Waals surface area contributed by atoms with Gasteiger partial charge in [-0.2, -0.15) is 0 Å². The Hall–Kier alpha value is -2.42. The standard InChI is InChI=1S/C16H22N4O5/c21-13(17-8-11-9-18-16(24)19-14(11)22)10-3-5-20(6-4-10)15(23)12-2-1-7-25-12/h9-10,12H,1-8H2,(H,17,21)(H2,18,19,22,24). The fraction of sp³-hybridized carbons (Fsp3) is 0.625. The summed E-state index contributed by atoms with van der Waals surface area (Å²) in [6.45, 7) is 1.77. The SMILES string of the molecule is O=C(NCc1c[nH]c(=O)[nH]c1=O)C1CCN(C(=O)C2CCCO2)CC1. The summed E-state index contributed by atoms with van der Waals surface area (Å²) in [6, 6.07) is 0. The van der Waals surface area contributed by atoms with Gasteiger partial charge in [-0.3, -0.25) is 19.4 Å². The molecule has 1 unspecified atom stereocenters. The van der Waals surface area contributed by atoms with Gasteiger partial charge in [0.15, 0.2) is 0 Å². The Bertz CT molecular complexity index is 741. The lowest BCUT2D eigenvalue weighted by atomic mass is 9.95. The van der Waals surface area contributed by atoms with Crippen LogP contribution in [0.3, 0.4) is 0 Å². The number of rotatable bonds is 4. The van der Waals surface area contributed by atoms with Gasteiger partial charge >= 0.3 is 5.69 Å². The molecule has 2 aliphatic rings. The third kappa shape index (κ3) is 4.16. The maximum Gasteiger partial charge on any atom is 0.325 e. The van der Waals surface area contributed by atoms with E-state index in [1.807, 2.05) is 0 Å². The van der Waals surface area contributed by atoms with Crippen molar-refractivity contribution in [3.63, 3.8) is 0 Å². The van der Waals surface area contributed by atoms with Gasteiger partial charge in [-0.05, 0) is 25.7 Å². The van der Waals surface area contributed by atoms with Crippen molar-refractivity contribution in [1.29, 1.82) is 0 Å². The molecule has 0 aromatic carbocycles. The summed E-state index contributed by atoms with van der Waals surface area (Å²) in [5.74, 6) is -0.304. The zero-order valence-electron chi connectivity index (χ0n) is 13.9. The zero-order chi connectivity index (χ0) is 17.8. The molecule has 1 aromatic heterocycles. The number of H-pyrrole nitrogens is 2. The van der Waals surface area contributed by atoms with E-state index < -0.39 is 11.2 Å². The van der Waals surface area contributed by atoms with E-state index in [1.54, 1.807) is 4.90 Å². The first-order chi connectivity index (χ1) is 12.0. The van der Waals surface area contributed by atoms with Crippen molar-refractivity contribution >= 4 is 11.8 Å². The number of carbonyl (C=O) groups is 2. The first-order valence-corrected chi connectivity index (χ1v) is 8.53. The van der Waals surface area contributed by atoms with E-state index in [0.717, 1.165) is 12.8 Å². The van der Waals surface area contributed by atoms with E-state index in [2.05, 4.69) is 15.3 Å². The molecule has 9 heteroatoms. The highest BCUT2D eigenvalue weighted by Crippen LogP contribution is 2.21. The van der Waals surface area contributed by atoms with E-state index in [4.69, 9.17) is 4.74 Å². The van der Waals surface area contributed by atoms with Crippen molar-refractivity contribution in [2.75, 3.05) is 19.7 Å². The molecule has 0 radical (unpaired) electrons. The number of nitrogens with zero attached hydrogens (tertiary/aromatic N) is 1. The maximum absolute atomic E-state index is 12.3. The van der Waals surface area contributed by atoms with Crippen molar-refractivity contribution in [2.24, 2.45) is 5.92 Å². The zero-order valence-corrected chi connectivity index (χ0v) is 13.9. The fourth-order valence-electron chi connectivity index (χ4n) is 3.23. The Kier molecular flexibility index (Phi) is 5.32. The second-order valence-electron chi connectivity index (χ2n) is 6.42. The van der Waals surface area contributed by atoms with E-state index in [1.165, 1.54) is 6.20 Å². The summed E-state index contributed by atoms with van der Waals surface area (Å²) in [5.41, 5.74) is -0.802. The number of likely N-dealkylation sites (tertiary alicyclic amines) is 1. The van der Waals surface area contributed by atoms with Gasteiger partial charge in [0, 0.05) is 38.4 Å². The molecule has 0 spiro atoms. The van der Waals surface area contributed by atoms with E-state index >= 15 is 0 Å². The molecule has 2 saturated heterocycles. The normalized spacial score (nSPS) is 21.3. The molecule has 1 aromatic rings. The Morgan fingerprint density at radius 2 is 2.00 bits per heavy atom. The van der Waals surface area contributed by atoms with Gasteiger partial charge < -0.3 is 19.9 Å². The molecule has 136 valence electrons. The lowest BCUT2D eigenvalue weighted by Gasteiger charge is -2.32. The van der Waals surface area contributed by atoms with Crippen LogP contribution >= 0.6 is 0 Å². The Morgan fingerprint density at radius 3 is 2.64 bits per heavy atom. The molecule has 9 nitrogen and oxygen atoms in total. The molecule has 2 amide bonds. The van der Waals surface area contributed by atoms with Crippen molar-refractivity contribution in [2.45, 2.75) is 38.3 Å². The van der Waals surface area contributed by atoms with Crippen LogP contribution in [0.25, 0.3) is 0 Å². The predicted octanol–water partition coefficient (Wildman–Crippen LogP) is -0.903. The summed E-state index contributed by atoms with van der Waals surface area (Å²) < 4.78 is 5.42. The van der Waals surface area contributed by atoms with Gasteiger partial charge in [0.2, 0.25) is 5.91 Å². The van der Waals surface area contributed by atoms with Crippen LogP contribution in [0.5, 0.6) is 0 Å². The van der Waals surface area contributed by atoms with Crippen LogP contribution < -0.4 is 16.6 Å². The largest absolute Gasteiger partial charge is 0.368 e. The lowest BCUT2D eigenvalue weighted by molar-refractivity contribution is -0.143. The summed E-state index contributed by atoms with van der Waals surface area (Å²) in [4.78, 5) is 53.4. The number of ether oxygens (including phenoxy) is 1. The number of amides is 2.